The van der Waals surface area contributed by atoms with Crippen molar-refractivity contribution in [2.24, 2.45) is 11.8 Å². The molecule has 1 aliphatic carbocycles. The second kappa shape index (κ2) is 5.00. The Balaban J connectivity index is 2.00. The first-order valence-corrected chi connectivity index (χ1v) is 6.33. The quantitative estimate of drug-likeness (QED) is 0.822. The first kappa shape index (κ1) is 11.6. The summed E-state index contributed by atoms with van der Waals surface area (Å²) in [5.74, 6) is 2.39. The molecule has 2 rings (SSSR count). The summed E-state index contributed by atoms with van der Waals surface area (Å²) in [6, 6.07) is 2.40. The summed E-state index contributed by atoms with van der Waals surface area (Å²) >= 11 is 5.76. The minimum absolute atomic E-state index is 0.308. The fraction of sp³-hybridized carbons (Fsp3) is 0.667. The van der Waals surface area contributed by atoms with Gasteiger partial charge in [0.15, 0.2) is 0 Å². The number of halogens is 1. The molecule has 1 fully saturated rings. The van der Waals surface area contributed by atoms with Crippen molar-refractivity contribution in [1.29, 1.82) is 0 Å². The van der Waals surface area contributed by atoms with Crippen LogP contribution in [0.2, 0.25) is 5.28 Å². The molecule has 4 heteroatoms. The van der Waals surface area contributed by atoms with E-state index in [2.05, 4.69) is 29.1 Å². The Kier molecular flexibility index (Phi) is 3.64. The topological polar surface area (TPSA) is 37.8 Å². The van der Waals surface area contributed by atoms with Crippen molar-refractivity contribution in [2.75, 3.05) is 5.32 Å². The van der Waals surface area contributed by atoms with Crippen LogP contribution in [0.15, 0.2) is 12.3 Å². The first-order chi connectivity index (χ1) is 7.70. The highest BCUT2D eigenvalue weighted by atomic mass is 35.5. The van der Waals surface area contributed by atoms with Crippen LogP contribution < -0.4 is 5.32 Å². The monoisotopic (exact) mass is 239 g/mol. The molecular formula is C12H18ClN3. The third-order valence-electron chi connectivity index (χ3n) is 3.71. The first-order valence-electron chi connectivity index (χ1n) is 5.95. The summed E-state index contributed by atoms with van der Waals surface area (Å²) in [6.45, 7) is 4.59. The van der Waals surface area contributed by atoms with Crippen LogP contribution >= 0.6 is 11.6 Å². The SMILES string of the molecule is CCC1CCC(Nc2ccnc(Cl)n2)C1C. The summed E-state index contributed by atoms with van der Waals surface area (Å²) < 4.78 is 0. The van der Waals surface area contributed by atoms with E-state index in [4.69, 9.17) is 11.6 Å². The molecule has 1 heterocycles. The second-order valence-electron chi connectivity index (χ2n) is 4.57. The second-order valence-corrected chi connectivity index (χ2v) is 4.90. The fourth-order valence-electron chi connectivity index (χ4n) is 2.63. The number of nitrogens with zero attached hydrogens (tertiary/aromatic N) is 2. The Morgan fingerprint density at radius 2 is 2.31 bits per heavy atom. The molecule has 0 bridgehead atoms. The van der Waals surface area contributed by atoms with Crippen LogP contribution in [0.4, 0.5) is 5.82 Å². The fourth-order valence-corrected chi connectivity index (χ4v) is 2.78. The van der Waals surface area contributed by atoms with E-state index in [0.29, 0.717) is 17.2 Å². The van der Waals surface area contributed by atoms with Crippen LogP contribution in [-0.2, 0) is 0 Å². The van der Waals surface area contributed by atoms with Gasteiger partial charge in [-0.3, -0.25) is 0 Å². The largest absolute Gasteiger partial charge is 0.367 e. The summed E-state index contributed by atoms with van der Waals surface area (Å²) in [7, 11) is 0. The Labute approximate surface area is 102 Å². The maximum absolute atomic E-state index is 5.76. The maximum Gasteiger partial charge on any atom is 0.224 e. The molecule has 1 aromatic rings. The van der Waals surface area contributed by atoms with Crippen molar-refractivity contribution in [2.45, 2.75) is 39.2 Å². The van der Waals surface area contributed by atoms with Crippen molar-refractivity contribution < 1.29 is 0 Å². The lowest BCUT2D eigenvalue weighted by Gasteiger charge is -2.21. The number of hydrogen-bond acceptors (Lipinski definition) is 3. The highest BCUT2D eigenvalue weighted by molar-refractivity contribution is 6.28. The number of rotatable bonds is 3. The Hall–Kier alpha value is -0.830. The van der Waals surface area contributed by atoms with Gasteiger partial charge >= 0.3 is 0 Å². The molecule has 1 saturated carbocycles. The number of anilines is 1. The number of aromatic nitrogens is 2. The van der Waals surface area contributed by atoms with Crippen molar-refractivity contribution in [3.05, 3.63) is 17.5 Å². The molecule has 0 saturated heterocycles. The van der Waals surface area contributed by atoms with E-state index in [1.165, 1.54) is 19.3 Å². The van der Waals surface area contributed by atoms with Gasteiger partial charge in [0.1, 0.15) is 5.82 Å². The van der Waals surface area contributed by atoms with Gasteiger partial charge < -0.3 is 5.32 Å². The Bertz CT molecular complexity index is 356. The molecule has 3 nitrogen and oxygen atoms in total. The molecule has 1 aromatic heterocycles. The zero-order valence-corrected chi connectivity index (χ0v) is 10.5. The average Bonchev–Trinajstić information content (AvgIpc) is 2.60. The molecule has 0 radical (unpaired) electrons. The van der Waals surface area contributed by atoms with E-state index in [-0.39, 0.29) is 0 Å². The molecule has 0 spiro atoms. The summed E-state index contributed by atoms with van der Waals surface area (Å²) in [5.41, 5.74) is 0. The maximum atomic E-state index is 5.76. The molecule has 16 heavy (non-hydrogen) atoms. The van der Waals surface area contributed by atoms with Gasteiger partial charge in [0, 0.05) is 12.2 Å². The van der Waals surface area contributed by atoms with E-state index in [1.54, 1.807) is 6.20 Å². The Morgan fingerprint density at radius 1 is 1.50 bits per heavy atom. The van der Waals surface area contributed by atoms with E-state index in [9.17, 15) is 0 Å². The van der Waals surface area contributed by atoms with Gasteiger partial charge in [0.25, 0.3) is 0 Å². The van der Waals surface area contributed by atoms with Crippen molar-refractivity contribution >= 4 is 17.4 Å². The van der Waals surface area contributed by atoms with Gasteiger partial charge in [-0.15, -0.1) is 0 Å². The molecular weight excluding hydrogens is 222 g/mol. The highest BCUT2D eigenvalue weighted by Gasteiger charge is 2.31. The standard InChI is InChI=1S/C12H18ClN3/c1-3-9-4-5-10(8(9)2)15-11-6-7-14-12(13)16-11/h6-10H,3-5H2,1-2H3,(H,14,15,16). The van der Waals surface area contributed by atoms with Crippen LogP contribution in [0.3, 0.4) is 0 Å². The predicted molar refractivity (Wildman–Crippen MR) is 66.6 cm³/mol. The number of hydrogen-bond donors (Lipinski definition) is 1. The number of nitrogens with one attached hydrogen (secondary N) is 1. The van der Waals surface area contributed by atoms with E-state index in [0.717, 1.165) is 11.7 Å². The lowest BCUT2D eigenvalue weighted by molar-refractivity contribution is 0.391. The van der Waals surface area contributed by atoms with Crippen molar-refractivity contribution in [3.8, 4) is 0 Å². The third kappa shape index (κ3) is 2.46. The minimum atomic E-state index is 0.308. The minimum Gasteiger partial charge on any atom is -0.367 e. The zero-order valence-electron chi connectivity index (χ0n) is 9.78. The van der Waals surface area contributed by atoms with Crippen LogP contribution in [0, 0.1) is 11.8 Å². The zero-order chi connectivity index (χ0) is 11.5. The normalized spacial score (nSPS) is 29.3. The van der Waals surface area contributed by atoms with E-state index in [1.807, 2.05) is 6.07 Å². The lowest BCUT2D eigenvalue weighted by atomic mass is 9.93. The average molecular weight is 240 g/mol. The van der Waals surface area contributed by atoms with Gasteiger partial charge in [0.05, 0.1) is 0 Å². The summed E-state index contributed by atoms with van der Waals surface area (Å²) in [5, 5.41) is 3.77. The Morgan fingerprint density at radius 3 is 2.94 bits per heavy atom. The highest BCUT2D eigenvalue weighted by Crippen LogP contribution is 2.35. The molecule has 0 aliphatic heterocycles. The van der Waals surface area contributed by atoms with Crippen LogP contribution in [0.25, 0.3) is 0 Å². The van der Waals surface area contributed by atoms with Crippen molar-refractivity contribution in [1.82, 2.24) is 9.97 Å². The molecule has 0 aromatic carbocycles. The van der Waals surface area contributed by atoms with Gasteiger partial charge in [-0.2, -0.15) is 0 Å². The molecule has 88 valence electrons. The molecule has 0 amide bonds. The van der Waals surface area contributed by atoms with Gasteiger partial charge in [-0.05, 0) is 42.3 Å². The molecule has 3 unspecified atom stereocenters. The van der Waals surface area contributed by atoms with E-state index >= 15 is 0 Å². The van der Waals surface area contributed by atoms with Crippen molar-refractivity contribution in [3.63, 3.8) is 0 Å². The summed E-state index contributed by atoms with van der Waals surface area (Å²) in [4.78, 5) is 8.04. The van der Waals surface area contributed by atoms with Crippen LogP contribution in [0.1, 0.15) is 33.1 Å². The third-order valence-corrected chi connectivity index (χ3v) is 3.89. The smallest absolute Gasteiger partial charge is 0.224 e. The predicted octanol–water partition coefficient (Wildman–Crippen LogP) is 3.37. The molecule has 1 N–H and O–H groups in total. The van der Waals surface area contributed by atoms with Crippen LogP contribution in [0.5, 0.6) is 0 Å². The van der Waals surface area contributed by atoms with E-state index < -0.39 is 0 Å². The van der Waals surface area contributed by atoms with Gasteiger partial charge in [0.2, 0.25) is 5.28 Å². The van der Waals surface area contributed by atoms with Gasteiger partial charge in [-0.25, -0.2) is 9.97 Å². The van der Waals surface area contributed by atoms with Crippen LogP contribution in [-0.4, -0.2) is 16.0 Å². The van der Waals surface area contributed by atoms with Gasteiger partial charge in [-0.1, -0.05) is 20.3 Å². The summed E-state index contributed by atoms with van der Waals surface area (Å²) in [6.07, 6.45) is 5.49. The molecule has 3 atom stereocenters. The lowest BCUT2D eigenvalue weighted by Crippen LogP contribution is -2.25. The molecule has 1 aliphatic rings.